The average Bonchev–Trinajstić information content (AvgIpc) is 2.58. The van der Waals surface area contributed by atoms with Crippen LogP contribution in [0.2, 0.25) is 0 Å². The molecule has 27 heavy (non-hydrogen) atoms. The van der Waals surface area contributed by atoms with E-state index in [4.69, 9.17) is 34.8 Å². The summed E-state index contributed by atoms with van der Waals surface area (Å²) in [4.78, 5) is 22.4. The maximum atomic E-state index is 12.9. The number of aryl methyl sites for hydroxylation is 1. The Morgan fingerprint density at radius 2 is 1.74 bits per heavy atom. The van der Waals surface area contributed by atoms with Gasteiger partial charge < -0.3 is 5.32 Å². The van der Waals surface area contributed by atoms with Crippen LogP contribution in [0, 0.1) is 17.0 Å². The first-order valence-electron chi connectivity index (χ1n) is 7.35. The maximum absolute atomic E-state index is 12.9. The fourth-order valence-corrected chi connectivity index (χ4v) is 4.78. The third-order valence-corrected chi connectivity index (χ3v) is 6.60. The molecule has 1 unspecified atom stereocenters. The number of non-ortho nitro benzene ring substituents is 1. The van der Waals surface area contributed by atoms with Crippen LogP contribution in [0.1, 0.15) is 15.9 Å². The fourth-order valence-electron chi connectivity index (χ4n) is 2.16. The first kappa shape index (κ1) is 21.4. The van der Waals surface area contributed by atoms with Crippen LogP contribution in [0.25, 0.3) is 0 Å². The number of nitrogens with one attached hydrogen (secondary N) is 1. The van der Waals surface area contributed by atoms with Gasteiger partial charge in [-0.05, 0) is 25.1 Å². The van der Waals surface area contributed by atoms with Crippen molar-refractivity contribution < 1.29 is 18.1 Å². The van der Waals surface area contributed by atoms with E-state index >= 15 is 0 Å². The lowest BCUT2D eigenvalue weighted by Crippen LogP contribution is -2.49. The van der Waals surface area contributed by atoms with Crippen molar-refractivity contribution in [2.75, 3.05) is 0 Å². The standard InChI is InChI=1S/C16H13Cl3N2O5S/c1-10-5-7-13(8-6-10)27(25,26)15(16(17,18)19)20-14(22)11-3-2-4-12(9-11)21(23)24/h2-9,15H,1H3,(H,20,22). The van der Waals surface area contributed by atoms with Gasteiger partial charge in [-0.3, -0.25) is 14.9 Å². The summed E-state index contributed by atoms with van der Waals surface area (Å²) in [7, 11) is -4.27. The molecule has 1 N–H and O–H groups in total. The molecule has 0 aliphatic heterocycles. The van der Waals surface area contributed by atoms with E-state index in [1.54, 1.807) is 19.1 Å². The van der Waals surface area contributed by atoms with E-state index in [1.807, 2.05) is 0 Å². The Balaban J connectivity index is 2.40. The highest BCUT2D eigenvalue weighted by Gasteiger charge is 2.44. The molecule has 0 aliphatic carbocycles. The van der Waals surface area contributed by atoms with Crippen molar-refractivity contribution in [3.8, 4) is 0 Å². The molecule has 0 bridgehead atoms. The molecule has 1 amide bonds. The minimum Gasteiger partial charge on any atom is -0.332 e. The van der Waals surface area contributed by atoms with Gasteiger partial charge in [-0.25, -0.2) is 8.42 Å². The Morgan fingerprint density at radius 3 is 2.26 bits per heavy atom. The summed E-state index contributed by atoms with van der Waals surface area (Å²) in [5.41, 5.74) is 0.331. The molecule has 2 aromatic carbocycles. The number of carbonyl (C=O) groups excluding carboxylic acids is 1. The SMILES string of the molecule is Cc1ccc(S(=O)(=O)C(NC(=O)c2cccc([N+](=O)[O-])c2)C(Cl)(Cl)Cl)cc1. The van der Waals surface area contributed by atoms with Gasteiger partial charge in [0, 0.05) is 17.7 Å². The van der Waals surface area contributed by atoms with E-state index in [-0.39, 0.29) is 16.1 Å². The van der Waals surface area contributed by atoms with E-state index < -0.39 is 29.8 Å². The van der Waals surface area contributed by atoms with E-state index in [2.05, 4.69) is 5.32 Å². The number of rotatable bonds is 5. The molecular formula is C16H13Cl3N2O5S. The number of halogens is 3. The number of amides is 1. The number of sulfone groups is 1. The zero-order valence-corrected chi connectivity index (χ0v) is 16.8. The number of carbonyl (C=O) groups is 1. The quantitative estimate of drug-likeness (QED) is 0.423. The van der Waals surface area contributed by atoms with Crippen molar-refractivity contribution in [3.63, 3.8) is 0 Å². The molecule has 0 saturated heterocycles. The summed E-state index contributed by atoms with van der Waals surface area (Å²) in [6, 6.07) is 10.5. The molecule has 0 aliphatic rings. The van der Waals surface area contributed by atoms with Gasteiger partial charge in [0.05, 0.1) is 9.82 Å². The van der Waals surface area contributed by atoms with Gasteiger partial charge >= 0.3 is 0 Å². The lowest BCUT2D eigenvalue weighted by atomic mass is 10.2. The highest BCUT2D eigenvalue weighted by Crippen LogP contribution is 2.36. The van der Waals surface area contributed by atoms with Crippen molar-refractivity contribution in [2.45, 2.75) is 21.0 Å². The van der Waals surface area contributed by atoms with Gasteiger partial charge in [0.15, 0.2) is 5.37 Å². The van der Waals surface area contributed by atoms with E-state index in [0.29, 0.717) is 0 Å². The Bertz CT molecular complexity index is 972. The number of benzene rings is 2. The average molecular weight is 452 g/mol. The minimum atomic E-state index is -4.27. The summed E-state index contributed by atoms with van der Waals surface area (Å²) in [6.07, 6.45) is 0. The van der Waals surface area contributed by atoms with Crippen LogP contribution in [0.3, 0.4) is 0 Å². The van der Waals surface area contributed by atoms with Crippen molar-refractivity contribution in [3.05, 3.63) is 69.8 Å². The zero-order chi connectivity index (χ0) is 20.4. The minimum absolute atomic E-state index is 0.149. The maximum Gasteiger partial charge on any atom is 0.270 e. The van der Waals surface area contributed by atoms with E-state index in [0.717, 1.165) is 11.6 Å². The monoisotopic (exact) mass is 450 g/mol. The third-order valence-electron chi connectivity index (χ3n) is 3.54. The second-order valence-corrected chi connectivity index (χ2v) is 9.96. The van der Waals surface area contributed by atoms with Crippen LogP contribution >= 0.6 is 34.8 Å². The van der Waals surface area contributed by atoms with Gasteiger partial charge in [0.2, 0.25) is 13.6 Å². The number of nitrogens with zero attached hydrogens (tertiary/aromatic N) is 1. The fraction of sp³-hybridized carbons (Fsp3) is 0.188. The summed E-state index contributed by atoms with van der Waals surface area (Å²) < 4.78 is 23.3. The van der Waals surface area contributed by atoms with Gasteiger partial charge in [-0.15, -0.1) is 0 Å². The Morgan fingerprint density at radius 1 is 1.15 bits per heavy atom. The summed E-state index contributed by atoms with van der Waals surface area (Å²) in [5.74, 6) is -0.939. The number of hydrogen-bond acceptors (Lipinski definition) is 5. The highest BCUT2D eigenvalue weighted by atomic mass is 35.6. The van der Waals surface area contributed by atoms with Crippen LogP contribution in [-0.4, -0.2) is 28.4 Å². The second-order valence-electron chi connectivity index (χ2n) is 5.56. The van der Waals surface area contributed by atoms with Crippen molar-refractivity contribution in [1.29, 1.82) is 0 Å². The third kappa shape index (κ3) is 5.10. The molecule has 1 atom stereocenters. The lowest BCUT2D eigenvalue weighted by Gasteiger charge is -2.25. The molecule has 144 valence electrons. The van der Waals surface area contributed by atoms with Gasteiger partial charge in [0.1, 0.15) is 0 Å². The molecule has 7 nitrogen and oxygen atoms in total. The van der Waals surface area contributed by atoms with Crippen molar-refractivity contribution in [2.24, 2.45) is 0 Å². The van der Waals surface area contributed by atoms with Crippen LogP contribution in [0.15, 0.2) is 53.4 Å². The normalized spacial score (nSPS) is 13.0. The molecule has 0 fully saturated rings. The van der Waals surface area contributed by atoms with Crippen molar-refractivity contribution in [1.82, 2.24) is 5.32 Å². The Kier molecular flexibility index (Phi) is 6.36. The van der Waals surface area contributed by atoms with Gasteiger partial charge in [-0.1, -0.05) is 58.6 Å². The molecular weight excluding hydrogens is 439 g/mol. The summed E-state index contributed by atoms with van der Waals surface area (Å²) in [5, 5.41) is 11.1. The lowest BCUT2D eigenvalue weighted by molar-refractivity contribution is -0.384. The summed E-state index contributed by atoms with van der Waals surface area (Å²) in [6.45, 7) is 1.77. The van der Waals surface area contributed by atoms with E-state index in [1.165, 1.54) is 30.3 Å². The largest absolute Gasteiger partial charge is 0.332 e. The molecule has 2 rings (SSSR count). The van der Waals surface area contributed by atoms with E-state index in [9.17, 15) is 23.3 Å². The second kappa shape index (κ2) is 8.02. The number of hydrogen-bond donors (Lipinski definition) is 1. The first-order valence-corrected chi connectivity index (χ1v) is 10.0. The van der Waals surface area contributed by atoms with Crippen LogP contribution < -0.4 is 5.32 Å². The molecule has 0 radical (unpaired) electrons. The highest BCUT2D eigenvalue weighted by molar-refractivity contribution is 7.92. The summed E-state index contributed by atoms with van der Waals surface area (Å²) >= 11 is 17.4. The van der Waals surface area contributed by atoms with Crippen LogP contribution in [0.5, 0.6) is 0 Å². The predicted molar refractivity (Wildman–Crippen MR) is 103 cm³/mol. The van der Waals surface area contributed by atoms with Gasteiger partial charge in [-0.2, -0.15) is 0 Å². The predicted octanol–water partition coefficient (Wildman–Crippen LogP) is 3.80. The zero-order valence-electron chi connectivity index (χ0n) is 13.7. The molecule has 11 heteroatoms. The van der Waals surface area contributed by atoms with Gasteiger partial charge in [0.25, 0.3) is 11.6 Å². The topological polar surface area (TPSA) is 106 Å². The van der Waals surface area contributed by atoms with Crippen LogP contribution in [0.4, 0.5) is 5.69 Å². The molecule has 0 aromatic heterocycles. The molecule has 0 spiro atoms. The Labute approximate surface area is 170 Å². The van der Waals surface area contributed by atoms with Crippen LogP contribution in [-0.2, 0) is 9.84 Å². The number of nitro benzene ring substituents is 1. The first-order chi connectivity index (χ1) is 12.4. The smallest absolute Gasteiger partial charge is 0.270 e. The number of nitro groups is 1. The Hall–Kier alpha value is -1.87. The number of alkyl halides is 3. The molecule has 0 heterocycles. The van der Waals surface area contributed by atoms with Crippen molar-refractivity contribution >= 4 is 56.2 Å². The molecule has 0 saturated carbocycles. The molecule has 2 aromatic rings.